The molecule has 19 heavy (non-hydrogen) atoms. The molecule has 0 aromatic heterocycles. The van der Waals surface area contributed by atoms with Gasteiger partial charge >= 0.3 is 6.03 Å². The van der Waals surface area contributed by atoms with Gasteiger partial charge < -0.3 is 10.6 Å². The minimum atomic E-state index is -0.846. The van der Waals surface area contributed by atoms with E-state index in [1.54, 1.807) is 18.2 Å². The van der Waals surface area contributed by atoms with Crippen molar-refractivity contribution in [2.75, 3.05) is 10.6 Å². The Hall–Kier alpha value is -2.14. The number of halogens is 3. The zero-order valence-electron chi connectivity index (χ0n) is 9.58. The van der Waals surface area contributed by atoms with Crippen LogP contribution in [0.5, 0.6) is 0 Å². The van der Waals surface area contributed by atoms with E-state index in [0.717, 1.165) is 12.1 Å². The maximum atomic E-state index is 13.3. The normalized spacial score (nSPS) is 10.1. The summed E-state index contributed by atoms with van der Waals surface area (Å²) < 4.78 is 26.6. The van der Waals surface area contributed by atoms with Gasteiger partial charge in [0, 0.05) is 10.7 Å². The Balaban J connectivity index is 2.10. The SMILES string of the molecule is O=C(Nc1cccc(Cl)c1)Nc1c(F)cccc1F. The lowest BCUT2D eigenvalue weighted by atomic mass is 10.3. The first-order valence-corrected chi connectivity index (χ1v) is 5.71. The van der Waals surface area contributed by atoms with E-state index in [2.05, 4.69) is 10.6 Å². The van der Waals surface area contributed by atoms with Crippen molar-refractivity contribution in [2.45, 2.75) is 0 Å². The van der Waals surface area contributed by atoms with Crippen molar-refractivity contribution in [2.24, 2.45) is 0 Å². The van der Waals surface area contributed by atoms with Gasteiger partial charge in [-0.1, -0.05) is 23.7 Å². The number of carbonyl (C=O) groups excluding carboxylic acids is 1. The van der Waals surface area contributed by atoms with Crippen LogP contribution < -0.4 is 10.6 Å². The highest BCUT2D eigenvalue weighted by molar-refractivity contribution is 6.30. The Labute approximate surface area is 113 Å². The summed E-state index contributed by atoms with van der Waals surface area (Å²) in [5, 5.41) is 4.96. The number of carbonyl (C=O) groups is 1. The van der Waals surface area contributed by atoms with Gasteiger partial charge in [-0.2, -0.15) is 0 Å². The van der Waals surface area contributed by atoms with Crippen LogP contribution in [0, 0.1) is 11.6 Å². The molecule has 0 fully saturated rings. The predicted octanol–water partition coefficient (Wildman–Crippen LogP) is 4.26. The molecule has 0 spiro atoms. The Bertz CT molecular complexity index is 599. The summed E-state index contributed by atoms with van der Waals surface area (Å²) in [5.41, 5.74) is -0.0798. The lowest BCUT2D eigenvalue weighted by Gasteiger charge is -2.09. The summed E-state index contributed by atoms with van der Waals surface area (Å²) in [7, 11) is 0. The van der Waals surface area contributed by atoms with Gasteiger partial charge in [0.2, 0.25) is 0 Å². The standard InChI is InChI=1S/C13H9ClF2N2O/c14-8-3-1-4-9(7-8)17-13(19)18-12-10(15)5-2-6-11(12)16/h1-7H,(H2,17,18,19). The van der Waals surface area contributed by atoms with E-state index in [4.69, 9.17) is 11.6 Å². The molecule has 2 aromatic rings. The molecule has 0 atom stereocenters. The van der Waals surface area contributed by atoms with Gasteiger partial charge in [-0.15, -0.1) is 0 Å². The molecule has 0 aliphatic carbocycles. The first-order chi connectivity index (χ1) is 9.06. The van der Waals surface area contributed by atoms with Crippen molar-refractivity contribution in [3.63, 3.8) is 0 Å². The van der Waals surface area contributed by atoms with Gasteiger partial charge in [0.15, 0.2) is 0 Å². The van der Waals surface area contributed by atoms with E-state index in [1.807, 2.05) is 0 Å². The van der Waals surface area contributed by atoms with Crippen LogP contribution in [0.1, 0.15) is 0 Å². The third-order valence-corrected chi connectivity index (χ3v) is 2.52. The molecule has 2 amide bonds. The molecule has 3 nitrogen and oxygen atoms in total. The quantitative estimate of drug-likeness (QED) is 0.849. The van der Waals surface area contributed by atoms with Crippen LogP contribution in [0.4, 0.5) is 25.0 Å². The maximum absolute atomic E-state index is 13.3. The average Bonchev–Trinajstić information content (AvgIpc) is 2.34. The van der Waals surface area contributed by atoms with Crippen molar-refractivity contribution in [1.29, 1.82) is 0 Å². The number of anilines is 2. The number of rotatable bonds is 2. The monoisotopic (exact) mass is 282 g/mol. The summed E-state index contributed by atoms with van der Waals surface area (Å²) in [6.07, 6.45) is 0. The average molecular weight is 283 g/mol. The van der Waals surface area contributed by atoms with Crippen LogP contribution in [0.3, 0.4) is 0 Å². The molecular formula is C13H9ClF2N2O. The van der Waals surface area contributed by atoms with E-state index < -0.39 is 23.4 Å². The molecule has 0 radical (unpaired) electrons. The number of urea groups is 1. The van der Waals surface area contributed by atoms with Crippen molar-refractivity contribution < 1.29 is 13.6 Å². The second-order valence-electron chi connectivity index (χ2n) is 3.69. The van der Waals surface area contributed by atoms with E-state index in [0.29, 0.717) is 10.7 Å². The predicted molar refractivity (Wildman–Crippen MR) is 70.5 cm³/mol. The van der Waals surface area contributed by atoms with E-state index in [-0.39, 0.29) is 0 Å². The second-order valence-corrected chi connectivity index (χ2v) is 4.12. The molecule has 0 heterocycles. The lowest BCUT2D eigenvalue weighted by molar-refractivity contribution is 0.262. The molecule has 2 N–H and O–H groups in total. The third-order valence-electron chi connectivity index (χ3n) is 2.28. The summed E-state index contributed by atoms with van der Waals surface area (Å²) in [4.78, 5) is 11.6. The lowest BCUT2D eigenvalue weighted by Crippen LogP contribution is -2.20. The second kappa shape index (κ2) is 5.67. The minimum absolute atomic E-state index is 0.418. The van der Waals surface area contributed by atoms with Crippen LogP contribution in [-0.4, -0.2) is 6.03 Å². The van der Waals surface area contributed by atoms with Crippen LogP contribution in [-0.2, 0) is 0 Å². The maximum Gasteiger partial charge on any atom is 0.323 e. The minimum Gasteiger partial charge on any atom is -0.308 e. The molecule has 98 valence electrons. The molecule has 0 saturated heterocycles. The highest BCUT2D eigenvalue weighted by Crippen LogP contribution is 2.19. The molecule has 0 aliphatic heterocycles. The Morgan fingerprint density at radius 1 is 1.00 bits per heavy atom. The molecule has 0 unspecified atom stereocenters. The van der Waals surface area contributed by atoms with Crippen molar-refractivity contribution in [1.82, 2.24) is 0 Å². The smallest absolute Gasteiger partial charge is 0.308 e. The summed E-state index contributed by atoms with van der Waals surface area (Å²) in [6.45, 7) is 0. The Morgan fingerprint density at radius 3 is 2.26 bits per heavy atom. The van der Waals surface area contributed by atoms with Crippen LogP contribution >= 0.6 is 11.6 Å². The van der Waals surface area contributed by atoms with Crippen molar-refractivity contribution >= 4 is 29.0 Å². The van der Waals surface area contributed by atoms with E-state index >= 15 is 0 Å². The van der Waals surface area contributed by atoms with Gasteiger partial charge in [0.05, 0.1) is 0 Å². The summed E-state index contributed by atoms with van der Waals surface area (Å²) >= 11 is 5.75. The van der Waals surface area contributed by atoms with Crippen LogP contribution in [0.25, 0.3) is 0 Å². The summed E-state index contributed by atoms with van der Waals surface area (Å²) in [6, 6.07) is 8.96. The zero-order chi connectivity index (χ0) is 13.8. The fourth-order valence-electron chi connectivity index (χ4n) is 1.46. The molecule has 0 aliphatic rings. The molecule has 0 saturated carbocycles. The van der Waals surface area contributed by atoms with Crippen molar-refractivity contribution in [3.05, 3.63) is 59.1 Å². The van der Waals surface area contributed by atoms with Gasteiger partial charge in [0.25, 0.3) is 0 Å². The fraction of sp³-hybridized carbons (Fsp3) is 0. The number of benzene rings is 2. The Morgan fingerprint density at radius 2 is 1.63 bits per heavy atom. The first-order valence-electron chi connectivity index (χ1n) is 5.34. The number of para-hydroxylation sites is 1. The highest BCUT2D eigenvalue weighted by atomic mass is 35.5. The third kappa shape index (κ3) is 3.42. The van der Waals surface area contributed by atoms with E-state index in [1.165, 1.54) is 12.1 Å². The number of amides is 2. The largest absolute Gasteiger partial charge is 0.323 e. The van der Waals surface area contributed by atoms with Crippen molar-refractivity contribution in [3.8, 4) is 0 Å². The van der Waals surface area contributed by atoms with Crippen LogP contribution in [0.15, 0.2) is 42.5 Å². The summed E-state index contributed by atoms with van der Waals surface area (Å²) in [5.74, 6) is -1.69. The molecule has 0 bridgehead atoms. The fourth-order valence-corrected chi connectivity index (χ4v) is 1.65. The van der Waals surface area contributed by atoms with Crippen LogP contribution in [0.2, 0.25) is 5.02 Å². The number of nitrogens with one attached hydrogen (secondary N) is 2. The first kappa shape index (κ1) is 13.3. The van der Waals surface area contributed by atoms with E-state index in [9.17, 15) is 13.6 Å². The van der Waals surface area contributed by atoms with Gasteiger partial charge in [0.1, 0.15) is 17.3 Å². The zero-order valence-corrected chi connectivity index (χ0v) is 10.3. The molecule has 6 heteroatoms. The highest BCUT2D eigenvalue weighted by Gasteiger charge is 2.11. The number of hydrogen-bond donors (Lipinski definition) is 2. The topological polar surface area (TPSA) is 41.1 Å². The molecular weight excluding hydrogens is 274 g/mol. The molecule has 2 rings (SSSR count). The van der Waals surface area contributed by atoms with Gasteiger partial charge in [-0.3, -0.25) is 0 Å². The molecule has 2 aromatic carbocycles. The van der Waals surface area contributed by atoms with Gasteiger partial charge in [-0.25, -0.2) is 13.6 Å². The number of hydrogen-bond acceptors (Lipinski definition) is 1. The Kier molecular flexibility index (Phi) is 3.97. The van der Waals surface area contributed by atoms with Gasteiger partial charge in [-0.05, 0) is 30.3 Å².